The van der Waals surface area contributed by atoms with Gasteiger partial charge in [-0.15, -0.1) is 0 Å². The fourth-order valence-electron chi connectivity index (χ4n) is 5.60. The largest absolute Gasteiger partial charge is 0.496 e. The van der Waals surface area contributed by atoms with Crippen LogP contribution in [0.5, 0.6) is 23.0 Å². The van der Waals surface area contributed by atoms with Crippen molar-refractivity contribution in [1.82, 2.24) is 0 Å². The number of methoxy groups -OCH3 is 2. The standard InChI is InChI=1S/C32H26Br2O4/c1-35-27-5-3-6-28-25(27)19-26-24(18-11-20-9-14-22(33)15-10-20)31-29(36-2)7-4-8-30(31)38-32(26,37-28)21-12-16-23(34)17-13-21/h3-18,24,26H,19H2,1-2H3/b18-11+/t24-,26+,32-/m0/s1. The molecule has 0 N–H and O–H groups in total. The van der Waals surface area contributed by atoms with E-state index in [0.717, 1.165) is 54.2 Å². The first-order valence-electron chi connectivity index (χ1n) is 12.4. The minimum atomic E-state index is -1.05. The Labute approximate surface area is 239 Å². The second-order valence-electron chi connectivity index (χ2n) is 9.43. The highest BCUT2D eigenvalue weighted by molar-refractivity contribution is 9.10. The molecule has 3 atom stereocenters. The number of ether oxygens (including phenoxy) is 4. The molecule has 192 valence electrons. The maximum Gasteiger partial charge on any atom is 0.282 e. The fourth-order valence-corrected chi connectivity index (χ4v) is 6.13. The highest BCUT2D eigenvalue weighted by Crippen LogP contribution is 2.58. The van der Waals surface area contributed by atoms with Crippen molar-refractivity contribution in [3.8, 4) is 23.0 Å². The predicted octanol–water partition coefficient (Wildman–Crippen LogP) is 8.52. The lowest BCUT2D eigenvalue weighted by molar-refractivity contribution is -0.188. The van der Waals surface area contributed by atoms with Crippen molar-refractivity contribution in [3.05, 3.63) is 122 Å². The third kappa shape index (κ3) is 4.30. The molecule has 0 spiro atoms. The molecule has 4 aromatic carbocycles. The zero-order valence-corrected chi connectivity index (χ0v) is 24.2. The average Bonchev–Trinajstić information content (AvgIpc) is 2.94. The van der Waals surface area contributed by atoms with Gasteiger partial charge in [0.05, 0.1) is 20.1 Å². The summed E-state index contributed by atoms with van der Waals surface area (Å²) in [5.74, 6) is 1.90. The van der Waals surface area contributed by atoms with Crippen molar-refractivity contribution in [2.24, 2.45) is 5.92 Å². The van der Waals surface area contributed by atoms with Gasteiger partial charge < -0.3 is 18.9 Å². The van der Waals surface area contributed by atoms with Gasteiger partial charge >= 0.3 is 0 Å². The molecule has 4 aromatic rings. The molecule has 0 fully saturated rings. The first-order chi connectivity index (χ1) is 18.5. The highest BCUT2D eigenvalue weighted by Gasteiger charge is 2.56. The van der Waals surface area contributed by atoms with Crippen LogP contribution >= 0.6 is 31.9 Å². The summed E-state index contributed by atoms with van der Waals surface area (Å²) < 4.78 is 27.5. The minimum absolute atomic E-state index is 0.0692. The van der Waals surface area contributed by atoms with Gasteiger partial charge in [-0.1, -0.05) is 80.4 Å². The monoisotopic (exact) mass is 632 g/mol. The number of hydrogen-bond acceptors (Lipinski definition) is 4. The van der Waals surface area contributed by atoms with Crippen LogP contribution in [-0.2, 0) is 12.2 Å². The SMILES string of the molecule is COc1cccc2c1C[C@@H]1[C@H](/C=C/c3ccc(Br)cc3)c3c(OC)cccc3O[C@]1(c1ccc(Br)cc1)O2. The van der Waals surface area contributed by atoms with Crippen molar-refractivity contribution in [3.63, 3.8) is 0 Å². The Morgan fingerprint density at radius 2 is 1.37 bits per heavy atom. The molecule has 38 heavy (non-hydrogen) atoms. The van der Waals surface area contributed by atoms with Crippen LogP contribution in [0, 0.1) is 5.92 Å². The number of hydrogen-bond donors (Lipinski definition) is 0. The van der Waals surface area contributed by atoms with Gasteiger partial charge in [0.25, 0.3) is 5.79 Å². The van der Waals surface area contributed by atoms with Crippen LogP contribution in [0.2, 0.25) is 0 Å². The summed E-state index contributed by atoms with van der Waals surface area (Å²) in [5.41, 5.74) is 4.12. The van der Waals surface area contributed by atoms with Gasteiger partial charge in [0.15, 0.2) is 0 Å². The van der Waals surface area contributed by atoms with Crippen molar-refractivity contribution in [2.45, 2.75) is 18.1 Å². The van der Waals surface area contributed by atoms with E-state index >= 15 is 0 Å². The van der Waals surface area contributed by atoms with Crippen LogP contribution in [0.4, 0.5) is 0 Å². The summed E-state index contributed by atoms with van der Waals surface area (Å²) in [5, 5.41) is 0. The Morgan fingerprint density at radius 3 is 2.05 bits per heavy atom. The van der Waals surface area contributed by atoms with Gasteiger partial charge in [0, 0.05) is 31.6 Å². The van der Waals surface area contributed by atoms with Gasteiger partial charge in [-0.2, -0.15) is 0 Å². The molecule has 0 aliphatic carbocycles. The smallest absolute Gasteiger partial charge is 0.282 e. The van der Waals surface area contributed by atoms with Crippen molar-refractivity contribution >= 4 is 37.9 Å². The van der Waals surface area contributed by atoms with Gasteiger partial charge in [-0.3, -0.25) is 0 Å². The Bertz CT molecular complexity index is 1500. The van der Waals surface area contributed by atoms with E-state index in [0.29, 0.717) is 6.42 Å². The minimum Gasteiger partial charge on any atom is -0.496 e. The Kier molecular flexibility index (Phi) is 6.70. The molecular weight excluding hydrogens is 608 g/mol. The molecule has 0 unspecified atom stereocenters. The van der Waals surface area contributed by atoms with E-state index < -0.39 is 5.79 Å². The van der Waals surface area contributed by atoms with Crippen molar-refractivity contribution in [2.75, 3.05) is 14.2 Å². The lowest BCUT2D eigenvalue weighted by atomic mass is 9.70. The maximum absolute atomic E-state index is 6.92. The molecule has 2 heterocycles. The number of allylic oxidation sites excluding steroid dienone is 1. The lowest BCUT2D eigenvalue weighted by Crippen LogP contribution is -2.54. The summed E-state index contributed by atoms with van der Waals surface area (Å²) >= 11 is 7.12. The van der Waals surface area contributed by atoms with E-state index in [9.17, 15) is 0 Å². The molecule has 0 radical (unpaired) electrons. The third-order valence-corrected chi connectivity index (χ3v) is 8.43. The van der Waals surface area contributed by atoms with Crippen LogP contribution in [0.25, 0.3) is 6.08 Å². The van der Waals surface area contributed by atoms with Crippen LogP contribution in [0.1, 0.15) is 28.2 Å². The second kappa shape index (κ2) is 10.2. The van der Waals surface area contributed by atoms with Crippen LogP contribution in [-0.4, -0.2) is 14.2 Å². The Balaban J connectivity index is 1.58. The van der Waals surface area contributed by atoms with E-state index in [-0.39, 0.29) is 11.8 Å². The molecule has 6 heteroatoms. The van der Waals surface area contributed by atoms with Gasteiger partial charge in [0.1, 0.15) is 23.0 Å². The first kappa shape index (κ1) is 25.1. The molecular formula is C32H26Br2O4. The zero-order valence-electron chi connectivity index (χ0n) is 21.0. The number of fused-ring (bicyclic) bond motifs is 3. The maximum atomic E-state index is 6.92. The lowest BCUT2D eigenvalue weighted by Gasteiger charge is -2.50. The molecule has 0 amide bonds. The zero-order chi connectivity index (χ0) is 26.3. The quantitative estimate of drug-likeness (QED) is 0.221. The molecule has 0 saturated carbocycles. The molecule has 0 saturated heterocycles. The predicted molar refractivity (Wildman–Crippen MR) is 156 cm³/mol. The topological polar surface area (TPSA) is 36.9 Å². The van der Waals surface area contributed by atoms with Crippen LogP contribution < -0.4 is 18.9 Å². The van der Waals surface area contributed by atoms with Crippen molar-refractivity contribution in [1.29, 1.82) is 0 Å². The fraction of sp³-hybridized carbons (Fsp3) is 0.188. The molecule has 2 aliphatic rings. The summed E-state index contributed by atoms with van der Waals surface area (Å²) in [6, 6.07) is 28.4. The van der Waals surface area contributed by atoms with Crippen LogP contribution in [0.15, 0.2) is 100.0 Å². The number of rotatable bonds is 5. The number of benzene rings is 4. The van der Waals surface area contributed by atoms with Gasteiger partial charge in [-0.25, -0.2) is 0 Å². The molecule has 0 aromatic heterocycles. The third-order valence-electron chi connectivity index (χ3n) is 7.37. The van der Waals surface area contributed by atoms with Crippen LogP contribution in [0.3, 0.4) is 0 Å². The number of halogens is 2. The van der Waals surface area contributed by atoms with E-state index in [2.05, 4.69) is 80.4 Å². The molecule has 6 rings (SSSR count). The average molecular weight is 634 g/mol. The summed E-state index contributed by atoms with van der Waals surface area (Å²) in [4.78, 5) is 0. The van der Waals surface area contributed by atoms with E-state index in [1.165, 1.54) is 0 Å². The summed E-state index contributed by atoms with van der Waals surface area (Å²) in [6.07, 6.45) is 5.13. The normalized spacial score (nSPS) is 21.5. The van der Waals surface area contributed by atoms with Crippen molar-refractivity contribution < 1.29 is 18.9 Å². The van der Waals surface area contributed by atoms with E-state index in [1.807, 2.05) is 48.5 Å². The summed E-state index contributed by atoms with van der Waals surface area (Å²) in [7, 11) is 3.41. The molecule has 2 aliphatic heterocycles. The summed E-state index contributed by atoms with van der Waals surface area (Å²) in [6.45, 7) is 0. The van der Waals surface area contributed by atoms with E-state index in [4.69, 9.17) is 18.9 Å². The van der Waals surface area contributed by atoms with E-state index in [1.54, 1.807) is 14.2 Å². The van der Waals surface area contributed by atoms with Gasteiger partial charge in [0.2, 0.25) is 0 Å². The second-order valence-corrected chi connectivity index (χ2v) is 11.3. The molecule has 0 bridgehead atoms. The first-order valence-corrected chi connectivity index (χ1v) is 14.0. The molecule has 4 nitrogen and oxygen atoms in total. The van der Waals surface area contributed by atoms with Gasteiger partial charge in [-0.05, 0) is 60.5 Å². The Morgan fingerprint density at radius 1 is 0.763 bits per heavy atom. The Hall–Kier alpha value is -3.22. The highest BCUT2D eigenvalue weighted by atomic mass is 79.9.